The highest BCUT2D eigenvalue weighted by Gasteiger charge is 2.19. The molecule has 0 rings (SSSR count). The third-order valence-corrected chi connectivity index (χ3v) is 13.3. The van der Waals surface area contributed by atoms with Crippen molar-refractivity contribution in [1.29, 1.82) is 0 Å². The normalized spacial score (nSPS) is 12.3. The first kappa shape index (κ1) is 66.4. The van der Waals surface area contributed by atoms with Crippen LogP contribution in [0.15, 0.2) is 48.6 Å². The molecule has 0 unspecified atom stereocenters. The molecule has 0 aromatic heterocycles. The minimum Gasteiger partial charge on any atom is -0.462 e. The maximum absolute atomic E-state index is 12.9. The van der Waals surface area contributed by atoms with E-state index in [0.29, 0.717) is 19.3 Å². The van der Waals surface area contributed by atoms with Crippen molar-refractivity contribution < 1.29 is 28.6 Å². The largest absolute Gasteiger partial charge is 0.462 e. The fourth-order valence-corrected chi connectivity index (χ4v) is 8.78. The molecule has 0 amide bonds. The highest BCUT2D eigenvalue weighted by Crippen LogP contribution is 2.17. The summed E-state index contributed by atoms with van der Waals surface area (Å²) >= 11 is 0. The maximum atomic E-state index is 12.9. The number of unbranched alkanes of at least 4 members (excludes halogenated alkanes) is 36. The van der Waals surface area contributed by atoms with Crippen molar-refractivity contribution in [3.05, 3.63) is 48.6 Å². The van der Waals surface area contributed by atoms with Crippen LogP contribution in [0.25, 0.3) is 0 Å². The first-order valence-corrected chi connectivity index (χ1v) is 30.1. The molecular formula is C63H114O6. The van der Waals surface area contributed by atoms with Crippen LogP contribution in [-0.4, -0.2) is 37.2 Å². The second-order valence-electron chi connectivity index (χ2n) is 20.3. The van der Waals surface area contributed by atoms with E-state index in [0.717, 1.165) is 83.5 Å². The smallest absolute Gasteiger partial charge is 0.306 e. The summed E-state index contributed by atoms with van der Waals surface area (Å²) in [7, 11) is 0. The molecule has 402 valence electrons. The van der Waals surface area contributed by atoms with E-state index in [9.17, 15) is 14.4 Å². The Morgan fingerprint density at radius 2 is 0.522 bits per heavy atom. The Morgan fingerprint density at radius 1 is 0.290 bits per heavy atom. The monoisotopic (exact) mass is 967 g/mol. The Balaban J connectivity index is 4.37. The molecule has 0 saturated heterocycles. The number of hydrogen-bond acceptors (Lipinski definition) is 6. The summed E-state index contributed by atoms with van der Waals surface area (Å²) in [6.07, 6.45) is 71.0. The summed E-state index contributed by atoms with van der Waals surface area (Å²) in [6.45, 7) is 6.63. The van der Waals surface area contributed by atoms with Gasteiger partial charge in [0.05, 0.1) is 0 Å². The quantitative estimate of drug-likeness (QED) is 0.0262. The lowest BCUT2D eigenvalue weighted by atomic mass is 10.0. The zero-order valence-corrected chi connectivity index (χ0v) is 46.1. The molecule has 0 aliphatic heterocycles. The van der Waals surface area contributed by atoms with Gasteiger partial charge in [-0.3, -0.25) is 14.4 Å². The number of hydrogen-bond donors (Lipinski definition) is 0. The van der Waals surface area contributed by atoms with Crippen molar-refractivity contribution in [2.45, 2.75) is 322 Å². The van der Waals surface area contributed by atoms with Gasteiger partial charge in [0.25, 0.3) is 0 Å². The first-order valence-electron chi connectivity index (χ1n) is 30.1. The van der Waals surface area contributed by atoms with E-state index in [-0.39, 0.29) is 31.1 Å². The second kappa shape index (κ2) is 57.9. The average Bonchev–Trinajstić information content (AvgIpc) is 3.35. The standard InChI is InChI=1S/C63H114O6/c1-4-7-10-13-16-19-22-25-27-29-31-33-35-38-41-44-47-50-53-56-62(65)68-59-60(58-67-61(64)55-52-49-46-43-40-37-24-21-18-15-12-9-6-3)69-63(66)57-54-51-48-45-42-39-36-34-32-30-28-26-23-20-17-14-11-8-5-2/h16,19,25,27,31,33,38,41,60H,4-15,17-18,20-24,26,28-30,32,34-37,39-40,42-59H2,1-3H3/b19-16-,27-25-,33-31-,41-38-/t60-/m1/s1. The van der Waals surface area contributed by atoms with E-state index in [1.165, 1.54) is 193 Å². The lowest BCUT2D eigenvalue weighted by Gasteiger charge is -2.18. The van der Waals surface area contributed by atoms with Crippen LogP contribution >= 0.6 is 0 Å². The van der Waals surface area contributed by atoms with Gasteiger partial charge in [-0.1, -0.05) is 281 Å². The van der Waals surface area contributed by atoms with Gasteiger partial charge in [0, 0.05) is 19.3 Å². The van der Waals surface area contributed by atoms with Crippen LogP contribution in [0.3, 0.4) is 0 Å². The molecule has 0 aromatic carbocycles. The Kier molecular flexibility index (Phi) is 55.7. The summed E-state index contributed by atoms with van der Waals surface area (Å²) in [5.41, 5.74) is 0. The minimum absolute atomic E-state index is 0.0788. The molecule has 0 aromatic rings. The third kappa shape index (κ3) is 56.2. The van der Waals surface area contributed by atoms with E-state index in [4.69, 9.17) is 14.2 Å². The Labute approximate surface area is 428 Å². The van der Waals surface area contributed by atoms with Crippen LogP contribution in [0.2, 0.25) is 0 Å². The third-order valence-electron chi connectivity index (χ3n) is 13.3. The number of esters is 3. The van der Waals surface area contributed by atoms with Crippen molar-refractivity contribution in [1.82, 2.24) is 0 Å². The predicted octanol–water partition coefficient (Wildman–Crippen LogP) is 20.2. The number of ether oxygens (including phenoxy) is 3. The van der Waals surface area contributed by atoms with Crippen molar-refractivity contribution >= 4 is 17.9 Å². The van der Waals surface area contributed by atoms with Gasteiger partial charge in [-0.15, -0.1) is 0 Å². The van der Waals surface area contributed by atoms with Crippen molar-refractivity contribution in [3.8, 4) is 0 Å². The number of allylic oxidation sites excluding steroid dienone is 8. The molecule has 0 aliphatic carbocycles. The number of carbonyl (C=O) groups excluding carboxylic acids is 3. The molecule has 1 atom stereocenters. The summed E-state index contributed by atoms with van der Waals surface area (Å²) in [4.78, 5) is 38.2. The Morgan fingerprint density at radius 3 is 0.841 bits per heavy atom. The maximum Gasteiger partial charge on any atom is 0.306 e. The molecule has 0 fully saturated rings. The highest BCUT2D eigenvalue weighted by molar-refractivity contribution is 5.71. The molecule has 0 radical (unpaired) electrons. The van der Waals surface area contributed by atoms with E-state index < -0.39 is 6.10 Å². The fourth-order valence-electron chi connectivity index (χ4n) is 8.78. The SMILES string of the molecule is CCCCC/C=C\C/C=C\C/C=C\C/C=C\CCCCCC(=O)OC[C@@H](COC(=O)CCCCCCCCCCCCCCC)OC(=O)CCCCCCCCCCCCCCCCCCCCC. The first-order chi connectivity index (χ1) is 34.0. The molecule has 6 nitrogen and oxygen atoms in total. The van der Waals surface area contributed by atoms with E-state index >= 15 is 0 Å². The Hall–Kier alpha value is -2.63. The van der Waals surface area contributed by atoms with E-state index in [2.05, 4.69) is 69.4 Å². The summed E-state index contributed by atoms with van der Waals surface area (Å²) < 4.78 is 16.9. The fraction of sp³-hybridized carbons (Fsp3) is 0.825. The summed E-state index contributed by atoms with van der Waals surface area (Å²) in [5, 5.41) is 0. The van der Waals surface area contributed by atoms with Crippen LogP contribution in [0, 0.1) is 0 Å². The minimum atomic E-state index is -0.783. The van der Waals surface area contributed by atoms with Gasteiger partial charge in [0.15, 0.2) is 6.10 Å². The summed E-state index contributed by atoms with van der Waals surface area (Å²) in [6, 6.07) is 0. The van der Waals surface area contributed by atoms with E-state index in [1.807, 2.05) is 0 Å². The van der Waals surface area contributed by atoms with Crippen molar-refractivity contribution in [2.24, 2.45) is 0 Å². The van der Waals surface area contributed by atoms with Crippen molar-refractivity contribution in [2.75, 3.05) is 13.2 Å². The van der Waals surface area contributed by atoms with Crippen LogP contribution in [-0.2, 0) is 28.6 Å². The van der Waals surface area contributed by atoms with Gasteiger partial charge in [-0.05, 0) is 64.2 Å². The topological polar surface area (TPSA) is 78.9 Å². The van der Waals surface area contributed by atoms with Gasteiger partial charge in [0.1, 0.15) is 13.2 Å². The molecule has 0 aliphatic rings. The lowest BCUT2D eigenvalue weighted by Crippen LogP contribution is -2.30. The lowest BCUT2D eigenvalue weighted by molar-refractivity contribution is -0.167. The number of rotatable bonds is 55. The van der Waals surface area contributed by atoms with Gasteiger partial charge in [-0.2, -0.15) is 0 Å². The van der Waals surface area contributed by atoms with Gasteiger partial charge < -0.3 is 14.2 Å². The second-order valence-corrected chi connectivity index (χ2v) is 20.3. The number of carbonyl (C=O) groups is 3. The molecular weight excluding hydrogens is 853 g/mol. The van der Waals surface area contributed by atoms with E-state index in [1.54, 1.807) is 0 Å². The molecule has 6 heteroatoms. The van der Waals surface area contributed by atoms with Gasteiger partial charge in [0.2, 0.25) is 0 Å². The average molecular weight is 968 g/mol. The van der Waals surface area contributed by atoms with Crippen LogP contribution in [0.4, 0.5) is 0 Å². The summed E-state index contributed by atoms with van der Waals surface area (Å²) in [5.74, 6) is -0.892. The van der Waals surface area contributed by atoms with Crippen LogP contribution < -0.4 is 0 Å². The molecule has 0 bridgehead atoms. The molecule has 0 heterocycles. The van der Waals surface area contributed by atoms with Crippen LogP contribution in [0.1, 0.15) is 316 Å². The Bertz CT molecular complexity index is 1200. The zero-order chi connectivity index (χ0) is 50.0. The molecule has 69 heavy (non-hydrogen) atoms. The highest BCUT2D eigenvalue weighted by atomic mass is 16.6. The molecule has 0 saturated carbocycles. The zero-order valence-electron chi connectivity index (χ0n) is 46.1. The molecule has 0 spiro atoms. The van der Waals surface area contributed by atoms with Crippen LogP contribution in [0.5, 0.6) is 0 Å². The molecule has 0 N–H and O–H groups in total. The van der Waals surface area contributed by atoms with Gasteiger partial charge >= 0.3 is 17.9 Å². The van der Waals surface area contributed by atoms with Gasteiger partial charge in [-0.25, -0.2) is 0 Å². The van der Waals surface area contributed by atoms with Crippen molar-refractivity contribution in [3.63, 3.8) is 0 Å². The predicted molar refractivity (Wildman–Crippen MR) is 298 cm³/mol.